The van der Waals surface area contributed by atoms with Crippen LogP contribution in [0.4, 0.5) is 5.69 Å². The van der Waals surface area contributed by atoms with E-state index in [4.69, 9.17) is 0 Å². The van der Waals surface area contributed by atoms with Gasteiger partial charge in [-0.15, -0.1) is 0 Å². The molecule has 0 fully saturated rings. The van der Waals surface area contributed by atoms with Gasteiger partial charge in [-0.25, -0.2) is 5.43 Å². The summed E-state index contributed by atoms with van der Waals surface area (Å²) in [4.78, 5) is 41.3. The van der Waals surface area contributed by atoms with E-state index in [9.17, 15) is 14.4 Å². The number of carbonyl (C=O) groups excluding carboxylic acids is 3. The van der Waals surface area contributed by atoms with Gasteiger partial charge >= 0.3 is 0 Å². The Morgan fingerprint density at radius 3 is 2.30 bits per heavy atom. The second-order valence-electron chi connectivity index (χ2n) is 6.57. The zero-order valence-electron chi connectivity index (χ0n) is 16.5. The average molecular weight is 400 g/mol. The highest BCUT2D eigenvalue weighted by Gasteiger charge is 2.15. The number of benzene rings is 2. The number of nitrogens with one attached hydrogen (secondary N) is 2. The van der Waals surface area contributed by atoms with E-state index in [1.807, 2.05) is 19.1 Å². The first kappa shape index (κ1) is 20.6. The molecule has 0 atom stereocenters. The number of rotatable bonds is 6. The van der Waals surface area contributed by atoms with Crippen LogP contribution < -0.4 is 10.7 Å². The topological polar surface area (TPSA) is 101 Å². The fourth-order valence-electron chi connectivity index (χ4n) is 2.64. The fourth-order valence-corrected chi connectivity index (χ4v) is 2.64. The van der Waals surface area contributed by atoms with Crippen LogP contribution >= 0.6 is 0 Å². The molecule has 1 heterocycles. The molecule has 0 saturated carbocycles. The molecule has 150 valence electrons. The van der Waals surface area contributed by atoms with Crippen molar-refractivity contribution in [1.29, 1.82) is 0 Å². The first-order valence-corrected chi connectivity index (χ1v) is 9.22. The van der Waals surface area contributed by atoms with Crippen molar-refractivity contribution in [1.82, 2.24) is 10.4 Å². The number of aryl methyl sites for hydroxylation is 1. The summed E-state index contributed by atoms with van der Waals surface area (Å²) < 4.78 is 0. The predicted octanol–water partition coefficient (Wildman–Crippen LogP) is 3.63. The second-order valence-corrected chi connectivity index (χ2v) is 6.57. The van der Waals surface area contributed by atoms with Crippen molar-refractivity contribution in [2.75, 3.05) is 5.32 Å². The van der Waals surface area contributed by atoms with Crippen molar-refractivity contribution < 1.29 is 14.4 Å². The van der Waals surface area contributed by atoms with Crippen LogP contribution in [-0.2, 0) is 0 Å². The van der Waals surface area contributed by atoms with Gasteiger partial charge in [0, 0.05) is 18.0 Å². The lowest BCUT2D eigenvalue weighted by Gasteiger charge is -2.10. The van der Waals surface area contributed by atoms with Crippen molar-refractivity contribution in [2.24, 2.45) is 5.10 Å². The third-order valence-electron chi connectivity index (χ3n) is 4.31. The molecule has 0 spiro atoms. The van der Waals surface area contributed by atoms with Crippen LogP contribution in [0.25, 0.3) is 0 Å². The zero-order valence-corrected chi connectivity index (χ0v) is 16.5. The molecule has 2 aromatic carbocycles. The van der Waals surface area contributed by atoms with Crippen LogP contribution in [-0.4, -0.2) is 28.3 Å². The smallest absolute Gasteiger partial charge is 0.273 e. The van der Waals surface area contributed by atoms with Crippen LogP contribution in [0.3, 0.4) is 0 Å². The summed E-state index contributed by atoms with van der Waals surface area (Å²) in [5.41, 5.74) is 4.95. The van der Waals surface area contributed by atoms with Gasteiger partial charge in [0.05, 0.1) is 16.8 Å². The van der Waals surface area contributed by atoms with E-state index in [2.05, 4.69) is 20.8 Å². The first-order valence-electron chi connectivity index (χ1n) is 9.22. The SMILES string of the molecule is C/C(=N/NC(=O)c1ccccc1NC(=O)c1cccnc1)C(=O)c1ccc(C)cc1. The van der Waals surface area contributed by atoms with E-state index >= 15 is 0 Å². The van der Waals surface area contributed by atoms with Crippen molar-refractivity contribution in [2.45, 2.75) is 13.8 Å². The number of nitrogens with zero attached hydrogens (tertiary/aromatic N) is 2. The molecule has 7 nitrogen and oxygen atoms in total. The van der Waals surface area contributed by atoms with Crippen LogP contribution in [0, 0.1) is 6.92 Å². The molecule has 0 unspecified atom stereocenters. The van der Waals surface area contributed by atoms with Gasteiger partial charge in [-0.05, 0) is 38.1 Å². The molecule has 30 heavy (non-hydrogen) atoms. The van der Waals surface area contributed by atoms with Gasteiger partial charge in [-0.1, -0.05) is 42.0 Å². The van der Waals surface area contributed by atoms with Crippen LogP contribution in [0.15, 0.2) is 78.2 Å². The largest absolute Gasteiger partial charge is 0.321 e. The summed E-state index contributed by atoms with van der Waals surface area (Å²) in [5.74, 6) is -1.22. The summed E-state index contributed by atoms with van der Waals surface area (Å²) in [5, 5.41) is 6.62. The number of hydrogen-bond donors (Lipinski definition) is 2. The molecular formula is C23H20N4O3. The summed E-state index contributed by atoms with van der Waals surface area (Å²) in [6, 6.07) is 16.9. The maximum absolute atomic E-state index is 12.6. The molecule has 3 aromatic rings. The normalized spacial score (nSPS) is 10.9. The molecule has 2 N–H and O–H groups in total. The van der Waals surface area contributed by atoms with E-state index in [0.717, 1.165) is 5.56 Å². The number of hydrazone groups is 1. The number of Topliss-reactive ketones (excluding diaryl/α,β-unsaturated/α-hetero) is 1. The monoisotopic (exact) mass is 400 g/mol. The highest BCUT2D eigenvalue weighted by molar-refractivity contribution is 6.45. The summed E-state index contributed by atoms with van der Waals surface area (Å²) in [6.07, 6.45) is 3.00. The Morgan fingerprint density at radius 1 is 0.867 bits per heavy atom. The maximum atomic E-state index is 12.6. The van der Waals surface area contributed by atoms with Crippen molar-refractivity contribution in [3.63, 3.8) is 0 Å². The zero-order chi connectivity index (χ0) is 21.5. The number of carbonyl (C=O) groups is 3. The van der Waals surface area contributed by atoms with Crippen LogP contribution in [0.2, 0.25) is 0 Å². The van der Waals surface area contributed by atoms with Crippen LogP contribution in [0.1, 0.15) is 43.6 Å². The van der Waals surface area contributed by atoms with Crippen molar-refractivity contribution in [3.05, 3.63) is 95.3 Å². The predicted molar refractivity (Wildman–Crippen MR) is 115 cm³/mol. The molecular weight excluding hydrogens is 380 g/mol. The van der Waals surface area contributed by atoms with Gasteiger partial charge in [-0.2, -0.15) is 5.10 Å². The standard InChI is InChI=1S/C23H20N4O3/c1-15-9-11-17(12-10-15)21(28)16(2)26-27-23(30)19-7-3-4-8-20(19)25-22(29)18-6-5-13-24-14-18/h3-14H,1-2H3,(H,25,29)(H,27,30)/b26-16-. The van der Waals surface area contributed by atoms with Gasteiger partial charge in [-0.3, -0.25) is 19.4 Å². The number of hydrogen-bond acceptors (Lipinski definition) is 5. The maximum Gasteiger partial charge on any atom is 0.273 e. The number of pyridine rings is 1. The van der Waals surface area contributed by atoms with E-state index in [1.54, 1.807) is 54.7 Å². The van der Waals surface area contributed by atoms with Gasteiger partial charge in [0.25, 0.3) is 11.8 Å². The Morgan fingerprint density at radius 2 is 1.60 bits per heavy atom. The van der Waals surface area contributed by atoms with E-state index < -0.39 is 11.8 Å². The number of anilines is 1. The molecule has 0 saturated heterocycles. The van der Waals surface area contributed by atoms with Crippen LogP contribution in [0.5, 0.6) is 0 Å². The molecule has 3 rings (SSSR count). The minimum absolute atomic E-state index is 0.143. The molecule has 1 aromatic heterocycles. The molecule has 0 aliphatic rings. The lowest BCUT2D eigenvalue weighted by atomic mass is 10.1. The number of para-hydroxylation sites is 1. The Labute approximate surface area is 173 Å². The summed E-state index contributed by atoms with van der Waals surface area (Å²) >= 11 is 0. The van der Waals surface area contributed by atoms with Crippen molar-refractivity contribution in [3.8, 4) is 0 Å². The van der Waals surface area contributed by atoms with E-state index in [0.29, 0.717) is 16.8 Å². The van der Waals surface area contributed by atoms with Gasteiger partial charge in [0.15, 0.2) is 0 Å². The highest BCUT2D eigenvalue weighted by atomic mass is 16.2. The number of amides is 2. The summed E-state index contributed by atoms with van der Waals surface area (Å²) in [7, 11) is 0. The molecule has 2 amide bonds. The van der Waals surface area contributed by atoms with Crippen molar-refractivity contribution >= 4 is 29.0 Å². The van der Waals surface area contributed by atoms with Gasteiger partial charge in [0.1, 0.15) is 5.71 Å². The van der Waals surface area contributed by atoms with E-state index in [1.165, 1.54) is 13.1 Å². The Bertz CT molecular complexity index is 1110. The molecule has 0 aliphatic carbocycles. The number of ketones is 1. The molecule has 0 radical (unpaired) electrons. The molecule has 0 aliphatic heterocycles. The minimum Gasteiger partial charge on any atom is -0.321 e. The first-order chi connectivity index (χ1) is 14.5. The Hall–Kier alpha value is -4.13. The second kappa shape index (κ2) is 9.38. The van der Waals surface area contributed by atoms with E-state index in [-0.39, 0.29) is 17.1 Å². The van der Waals surface area contributed by atoms with Gasteiger partial charge in [0.2, 0.25) is 5.78 Å². The lowest BCUT2D eigenvalue weighted by Crippen LogP contribution is -2.24. The third-order valence-corrected chi connectivity index (χ3v) is 4.31. The molecule has 7 heteroatoms. The Balaban J connectivity index is 1.72. The lowest BCUT2D eigenvalue weighted by molar-refractivity contribution is 0.0955. The number of aromatic nitrogens is 1. The van der Waals surface area contributed by atoms with Gasteiger partial charge < -0.3 is 5.32 Å². The Kier molecular flexibility index (Phi) is 6.44. The third kappa shape index (κ3) is 5.02. The highest BCUT2D eigenvalue weighted by Crippen LogP contribution is 2.16. The quantitative estimate of drug-likeness (QED) is 0.375. The average Bonchev–Trinajstić information content (AvgIpc) is 2.78. The minimum atomic E-state index is -0.548. The fraction of sp³-hybridized carbons (Fsp3) is 0.0870. The molecule has 0 bridgehead atoms. The summed E-state index contributed by atoms with van der Waals surface area (Å²) in [6.45, 7) is 3.46.